The van der Waals surface area contributed by atoms with Crippen LogP contribution in [0.15, 0.2) is 165 Å². The average molecular weight is 625 g/mol. The Bertz CT molecular complexity index is 2090. The molecule has 0 saturated heterocycles. The zero-order valence-corrected chi connectivity index (χ0v) is 26.1. The first-order valence-corrected chi connectivity index (χ1v) is 16.4. The largest absolute Gasteiger partial charge is 0.301 e. The van der Waals surface area contributed by atoms with Crippen LogP contribution in [0.3, 0.4) is 0 Å². The van der Waals surface area contributed by atoms with Crippen LogP contribution < -0.4 is 9.80 Å². The van der Waals surface area contributed by atoms with E-state index < -0.39 is 0 Å². The van der Waals surface area contributed by atoms with Crippen molar-refractivity contribution in [3.05, 3.63) is 167 Å². The summed E-state index contributed by atoms with van der Waals surface area (Å²) in [5.41, 5.74) is 9.66. The Hall–Kier alpha value is -5.66. The zero-order chi connectivity index (χ0) is 31.0. The second-order valence-electron chi connectivity index (χ2n) is 10.8. The highest BCUT2D eigenvalue weighted by Gasteiger charge is 2.38. The Balaban J connectivity index is 1.41. The quantitative estimate of drug-likeness (QED) is 0.194. The van der Waals surface area contributed by atoms with Gasteiger partial charge in [0.05, 0.1) is 46.0 Å². The fourth-order valence-corrected chi connectivity index (χ4v) is 8.41. The van der Waals surface area contributed by atoms with E-state index in [1.807, 2.05) is 48.5 Å². The highest BCUT2D eigenvalue weighted by atomic mass is 32.2. The van der Waals surface area contributed by atoms with E-state index in [0.29, 0.717) is 11.1 Å². The van der Waals surface area contributed by atoms with Crippen molar-refractivity contribution in [2.75, 3.05) is 9.80 Å². The molecular formula is C40H24N4S2. The van der Waals surface area contributed by atoms with Gasteiger partial charge in [0.15, 0.2) is 0 Å². The van der Waals surface area contributed by atoms with Crippen LogP contribution in [-0.4, -0.2) is 0 Å². The Morgan fingerprint density at radius 2 is 0.804 bits per heavy atom. The number of hydrogen-bond donors (Lipinski definition) is 0. The highest BCUT2D eigenvalue weighted by Crippen LogP contribution is 2.60. The first-order valence-electron chi connectivity index (χ1n) is 14.8. The molecule has 6 aromatic carbocycles. The van der Waals surface area contributed by atoms with Gasteiger partial charge in [0.25, 0.3) is 0 Å². The lowest BCUT2D eigenvalue weighted by Crippen LogP contribution is -2.19. The molecule has 2 heterocycles. The summed E-state index contributed by atoms with van der Waals surface area (Å²) in [6, 6.07) is 54.3. The van der Waals surface area contributed by atoms with Crippen molar-refractivity contribution in [1.82, 2.24) is 0 Å². The minimum Gasteiger partial charge on any atom is -0.301 e. The molecule has 0 spiro atoms. The fourth-order valence-electron chi connectivity index (χ4n) is 6.03. The number of benzene rings is 6. The number of thioether (sulfide) groups is 2. The summed E-state index contributed by atoms with van der Waals surface area (Å²) in [4.78, 5) is 6.77. The second-order valence-corrected chi connectivity index (χ2v) is 12.9. The topological polar surface area (TPSA) is 54.1 Å². The third-order valence-corrected chi connectivity index (χ3v) is 10.5. The Kier molecular flexibility index (Phi) is 7.08. The molecule has 46 heavy (non-hydrogen) atoms. The number of hydrogen-bond acceptors (Lipinski definition) is 6. The van der Waals surface area contributed by atoms with Gasteiger partial charge in [-0.05, 0) is 59.7 Å². The Morgan fingerprint density at radius 3 is 1.22 bits per heavy atom. The van der Waals surface area contributed by atoms with E-state index in [2.05, 4.69) is 119 Å². The van der Waals surface area contributed by atoms with Gasteiger partial charge in [-0.25, -0.2) is 0 Å². The number of para-hydroxylation sites is 2. The van der Waals surface area contributed by atoms with Gasteiger partial charge >= 0.3 is 0 Å². The number of nitriles is 2. The van der Waals surface area contributed by atoms with E-state index in [4.69, 9.17) is 0 Å². The number of nitrogens with zero attached hydrogens (tertiary/aromatic N) is 4. The van der Waals surface area contributed by atoms with Crippen molar-refractivity contribution < 1.29 is 0 Å². The summed E-state index contributed by atoms with van der Waals surface area (Å²) >= 11 is 3.42. The predicted octanol–water partition coefficient (Wildman–Crippen LogP) is 11.1. The molecule has 216 valence electrons. The Morgan fingerprint density at radius 1 is 0.413 bits per heavy atom. The van der Waals surface area contributed by atoms with Crippen LogP contribution in [-0.2, 0) is 0 Å². The smallest absolute Gasteiger partial charge is 0.116 e. The lowest BCUT2D eigenvalue weighted by Gasteiger charge is -2.29. The summed E-state index contributed by atoms with van der Waals surface area (Å²) in [6.45, 7) is 0. The van der Waals surface area contributed by atoms with Crippen LogP contribution in [0.25, 0.3) is 22.3 Å². The van der Waals surface area contributed by atoms with Gasteiger partial charge in [-0.2, -0.15) is 10.5 Å². The minimum absolute atomic E-state index is 0.611. The van der Waals surface area contributed by atoms with E-state index >= 15 is 0 Å². The van der Waals surface area contributed by atoms with Crippen molar-refractivity contribution in [1.29, 1.82) is 10.5 Å². The molecule has 0 saturated carbocycles. The van der Waals surface area contributed by atoms with Crippen LogP contribution in [0.5, 0.6) is 0 Å². The predicted molar refractivity (Wildman–Crippen MR) is 189 cm³/mol. The summed E-state index contributed by atoms with van der Waals surface area (Å²) in [5, 5.41) is 21.9. The monoisotopic (exact) mass is 624 g/mol. The molecule has 0 aromatic heterocycles. The van der Waals surface area contributed by atoms with Crippen molar-refractivity contribution in [3.63, 3.8) is 0 Å². The van der Waals surface area contributed by atoms with Gasteiger partial charge in [-0.3, -0.25) is 0 Å². The number of rotatable bonds is 4. The zero-order valence-electron chi connectivity index (χ0n) is 24.5. The second kappa shape index (κ2) is 11.7. The van der Waals surface area contributed by atoms with E-state index in [9.17, 15) is 10.5 Å². The third kappa shape index (κ3) is 4.73. The summed E-state index contributed by atoms with van der Waals surface area (Å²) in [5.74, 6) is 0. The van der Waals surface area contributed by atoms with Crippen LogP contribution in [0, 0.1) is 22.7 Å². The molecule has 6 aromatic rings. The molecule has 2 aliphatic rings. The maximum absolute atomic E-state index is 9.91. The van der Waals surface area contributed by atoms with Crippen molar-refractivity contribution >= 4 is 46.3 Å². The molecule has 6 heteroatoms. The average Bonchev–Trinajstić information content (AvgIpc) is 3.70. The van der Waals surface area contributed by atoms with Crippen molar-refractivity contribution in [3.8, 4) is 34.4 Å². The summed E-state index contributed by atoms with van der Waals surface area (Å²) in [7, 11) is 0. The van der Waals surface area contributed by atoms with Crippen molar-refractivity contribution in [2.24, 2.45) is 0 Å². The Labute approximate surface area is 276 Å². The van der Waals surface area contributed by atoms with Crippen LogP contribution in [0.4, 0.5) is 22.7 Å². The minimum atomic E-state index is 0.611. The van der Waals surface area contributed by atoms with E-state index in [1.54, 1.807) is 23.5 Å². The SMILES string of the molecule is N#Cc1ccc2c(c1)N(c1ccccc1-c1ccccc1)/C(=C1\Sc3ccc(C#N)cc3N1c1ccccc1-c1ccccc1)S2. The molecule has 0 unspecified atom stereocenters. The molecule has 2 aliphatic heterocycles. The normalized spacial score (nSPS) is 14.8. The molecule has 0 radical (unpaired) electrons. The van der Waals surface area contributed by atoms with E-state index in [0.717, 1.165) is 64.9 Å². The molecule has 4 nitrogen and oxygen atoms in total. The molecule has 0 atom stereocenters. The van der Waals surface area contributed by atoms with Crippen LogP contribution in [0.1, 0.15) is 11.1 Å². The first-order chi connectivity index (χ1) is 22.7. The van der Waals surface area contributed by atoms with Gasteiger partial charge in [-0.15, -0.1) is 0 Å². The van der Waals surface area contributed by atoms with Crippen molar-refractivity contribution in [2.45, 2.75) is 9.79 Å². The molecule has 0 aliphatic carbocycles. The molecule has 8 rings (SSSR count). The summed E-state index contributed by atoms with van der Waals surface area (Å²) < 4.78 is 0. The van der Waals surface area contributed by atoms with Gasteiger partial charge in [0, 0.05) is 20.9 Å². The van der Waals surface area contributed by atoms with Gasteiger partial charge in [0.1, 0.15) is 10.1 Å². The number of fused-ring (bicyclic) bond motifs is 2. The maximum atomic E-state index is 9.91. The lowest BCUT2D eigenvalue weighted by molar-refractivity contribution is 1.18. The van der Waals surface area contributed by atoms with Crippen LogP contribution >= 0.6 is 23.5 Å². The van der Waals surface area contributed by atoms with Gasteiger partial charge in [-0.1, -0.05) is 121 Å². The van der Waals surface area contributed by atoms with Crippen LogP contribution in [0.2, 0.25) is 0 Å². The molecule has 0 N–H and O–H groups in total. The maximum Gasteiger partial charge on any atom is 0.116 e. The number of anilines is 4. The van der Waals surface area contributed by atoms with E-state index in [-0.39, 0.29) is 0 Å². The van der Waals surface area contributed by atoms with Gasteiger partial charge in [0.2, 0.25) is 0 Å². The molecular weight excluding hydrogens is 601 g/mol. The molecule has 0 bridgehead atoms. The standard InChI is InChI=1S/C40H24N4S2/c41-25-27-19-21-37-35(23-27)43(33-17-9-7-15-31(33)29-11-3-1-4-12-29)39(45-37)40-44(36-24-28(26-42)20-22-38(36)46-40)34-18-10-8-16-32(34)30-13-5-2-6-14-30/h1-24H/b40-39+. The molecule has 0 amide bonds. The van der Waals surface area contributed by atoms with Gasteiger partial charge < -0.3 is 9.80 Å². The highest BCUT2D eigenvalue weighted by molar-refractivity contribution is 8.07. The summed E-state index contributed by atoms with van der Waals surface area (Å²) in [6.07, 6.45) is 0. The fraction of sp³-hybridized carbons (Fsp3) is 0. The molecule has 0 fully saturated rings. The van der Waals surface area contributed by atoms with E-state index in [1.165, 1.54) is 0 Å². The lowest BCUT2D eigenvalue weighted by atomic mass is 10.0. The third-order valence-electron chi connectivity index (χ3n) is 8.12. The first kappa shape index (κ1) is 27.9.